The largest absolute Gasteiger partial charge is 0.298 e. The number of hydrogen-bond acceptors (Lipinski definition) is 3. The highest BCUT2D eigenvalue weighted by Gasteiger charge is 2.01. The minimum Gasteiger partial charge on any atom is -0.298 e. The van der Waals surface area contributed by atoms with E-state index < -0.39 is 0 Å². The third kappa shape index (κ3) is 3.32. The molecular formula is C17H18N2O. The fourth-order valence-corrected chi connectivity index (χ4v) is 2.09. The highest BCUT2D eigenvalue weighted by molar-refractivity contribution is 5.92. The van der Waals surface area contributed by atoms with Crippen LogP contribution in [0.1, 0.15) is 27.0 Å². The molecule has 2 rings (SSSR count). The molecule has 0 atom stereocenters. The maximum absolute atomic E-state index is 11.0. The summed E-state index contributed by atoms with van der Waals surface area (Å²) in [4.78, 5) is 11.0. The summed E-state index contributed by atoms with van der Waals surface area (Å²) >= 11 is 0. The van der Waals surface area contributed by atoms with Crippen molar-refractivity contribution in [3.05, 3.63) is 64.7 Å². The van der Waals surface area contributed by atoms with Crippen LogP contribution in [0, 0.1) is 13.8 Å². The standard InChI is InChI=1S/C17H18N2O/c1-13-8-14(2)10-17(9-13)19(3)18-11-15-6-4-5-7-16(15)12-20/h4-12H,1-3H3/b18-11-. The fourth-order valence-electron chi connectivity index (χ4n) is 2.09. The molecule has 20 heavy (non-hydrogen) atoms. The zero-order valence-electron chi connectivity index (χ0n) is 12.0. The predicted octanol–water partition coefficient (Wildman–Crippen LogP) is 3.59. The molecule has 0 heterocycles. The molecule has 0 saturated heterocycles. The number of carbonyl (C=O) groups is 1. The van der Waals surface area contributed by atoms with Crippen molar-refractivity contribution in [2.45, 2.75) is 13.8 Å². The van der Waals surface area contributed by atoms with Crippen LogP contribution in [0.4, 0.5) is 5.69 Å². The highest BCUT2D eigenvalue weighted by Crippen LogP contribution is 2.17. The van der Waals surface area contributed by atoms with Crippen LogP contribution in [0.15, 0.2) is 47.6 Å². The van der Waals surface area contributed by atoms with Gasteiger partial charge in [-0.15, -0.1) is 0 Å². The van der Waals surface area contributed by atoms with Crippen LogP contribution in [0.5, 0.6) is 0 Å². The van der Waals surface area contributed by atoms with Gasteiger partial charge in [-0.25, -0.2) is 0 Å². The van der Waals surface area contributed by atoms with Gasteiger partial charge in [-0.1, -0.05) is 30.3 Å². The summed E-state index contributed by atoms with van der Waals surface area (Å²) < 4.78 is 0. The Bertz CT molecular complexity index is 627. The molecule has 2 aromatic rings. The van der Waals surface area contributed by atoms with Gasteiger partial charge in [0, 0.05) is 18.2 Å². The number of nitrogens with zero attached hydrogens (tertiary/aromatic N) is 2. The van der Waals surface area contributed by atoms with Crippen molar-refractivity contribution in [3.63, 3.8) is 0 Å². The summed E-state index contributed by atoms with van der Waals surface area (Å²) in [7, 11) is 1.90. The predicted molar refractivity (Wildman–Crippen MR) is 83.7 cm³/mol. The van der Waals surface area contributed by atoms with Gasteiger partial charge in [0.1, 0.15) is 0 Å². The maximum atomic E-state index is 11.0. The molecule has 0 bridgehead atoms. The van der Waals surface area contributed by atoms with Gasteiger partial charge in [-0.05, 0) is 37.1 Å². The summed E-state index contributed by atoms with van der Waals surface area (Å²) in [5.41, 5.74) is 4.90. The van der Waals surface area contributed by atoms with Gasteiger partial charge in [0.2, 0.25) is 0 Å². The minimum absolute atomic E-state index is 0.644. The number of hydrogen-bond donors (Lipinski definition) is 0. The van der Waals surface area contributed by atoms with E-state index in [-0.39, 0.29) is 0 Å². The first-order valence-corrected chi connectivity index (χ1v) is 6.50. The number of hydrazone groups is 1. The lowest BCUT2D eigenvalue weighted by Crippen LogP contribution is -2.09. The van der Waals surface area contributed by atoms with Gasteiger partial charge < -0.3 is 0 Å². The summed E-state index contributed by atoms with van der Waals surface area (Å²) in [6, 6.07) is 13.7. The maximum Gasteiger partial charge on any atom is 0.150 e. The van der Waals surface area contributed by atoms with Gasteiger partial charge in [0.25, 0.3) is 0 Å². The van der Waals surface area contributed by atoms with Crippen molar-refractivity contribution < 1.29 is 4.79 Å². The number of carbonyl (C=O) groups excluding carboxylic acids is 1. The molecule has 0 aliphatic carbocycles. The highest BCUT2D eigenvalue weighted by atomic mass is 16.1. The normalized spacial score (nSPS) is 10.8. The lowest BCUT2D eigenvalue weighted by Gasteiger charge is -2.14. The monoisotopic (exact) mass is 266 g/mol. The smallest absolute Gasteiger partial charge is 0.150 e. The first-order chi connectivity index (χ1) is 9.60. The Morgan fingerprint density at radius 3 is 2.20 bits per heavy atom. The summed E-state index contributed by atoms with van der Waals surface area (Å²) in [6.45, 7) is 4.13. The topological polar surface area (TPSA) is 32.7 Å². The molecular weight excluding hydrogens is 248 g/mol. The first kappa shape index (κ1) is 14.0. The van der Waals surface area contributed by atoms with Gasteiger partial charge in [-0.2, -0.15) is 5.10 Å². The van der Waals surface area contributed by atoms with Crippen LogP contribution in [-0.4, -0.2) is 19.5 Å². The van der Waals surface area contributed by atoms with Crippen molar-refractivity contribution in [1.29, 1.82) is 0 Å². The van der Waals surface area contributed by atoms with E-state index in [1.165, 1.54) is 11.1 Å². The lowest BCUT2D eigenvalue weighted by molar-refractivity contribution is 0.112. The van der Waals surface area contributed by atoms with E-state index in [0.29, 0.717) is 5.56 Å². The molecule has 0 aromatic heterocycles. The Morgan fingerprint density at radius 2 is 1.60 bits per heavy atom. The van der Waals surface area contributed by atoms with Gasteiger partial charge in [0.05, 0.1) is 11.9 Å². The summed E-state index contributed by atoms with van der Waals surface area (Å²) in [6.07, 6.45) is 2.56. The van der Waals surface area contributed by atoms with E-state index in [1.54, 1.807) is 12.3 Å². The molecule has 102 valence electrons. The van der Waals surface area contributed by atoms with Crippen LogP contribution < -0.4 is 5.01 Å². The molecule has 0 unspecified atom stereocenters. The Balaban J connectivity index is 2.24. The molecule has 0 amide bonds. The average molecular weight is 266 g/mol. The number of benzene rings is 2. The molecule has 3 heteroatoms. The Labute approximate surface area is 119 Å². The number of rotatable bonds is 4. The SMILES string of the molecule is Cc1cc(C)cc(N(C)/N=C\c2ccccc2C=O)c1. The van der Waals surface area contributed by atoms with Crippen molar-refractivity contribution in [1.82, 2.24) is 0 Å². The molecule has 2 aromatic carbocycles. The second kappa shape index (κ2) is 6.15. The Kier molecular flexibility index (Phi) is 4.31. The Morgan fingerprint density at radius 1 is 1.00 bits per heavy atom. The summed E-state index contributed by atoms with van der Waals surface area (Å²) in [5, 5.41) is 6.21. The van der Waals surface area contributed by atoms with E-state index in [0.717, 1.165) is 17.5 Å². The van der Waals surface area contributed by atoms with Crippen LogP contribution in [0.2, 0.25) is 0 Å². The van der Waals surface area contributed by atoms with E-state index in [1.807, 2.05) is 30.3 Å². The fraction of sp³-hybridized carbons (Fsp3) is 0.176. The van der Waals surface area contributed by atoms with Gasteiger partial charge in [-0.3, -0.25) is 9.80 Å². The minimum atomic E-state index is 0.644. The third-order valence-corrected chi connectivity index (χ3v) is 3.07. The molecule has 3 nitrogen and oxygen atoms in total. The van der Waals surface area contributed by atoms with Crippen LogP contribution in [0.25, 0.3) is 0 Å². The molecule has 0 aliphatic rings. The third-order valence-electron chi connectivity index (χ3n) is 3.07. The zero-order valence-corrected chi connectivity index (χ0v) is 12.0. The second-order valence-corrected chi connectivity index (χ2v) is 4.86. The van der Waals surface area contributed by atoms with Gasteiger partial charge in [0.15, 0.2) is 6.29 Å². The van der Waals surface area contributed by atoms with Crippen LogP contribution >= 0.6 is 0 Å². The van der Waals surface area contributed by atoms with E-state index in [2.05, 4.69) is 37.1 Å². The van der Waals surface area contributed by atoms with Crippen molar-refractivity contribution in [3.8, 4) is 0 Å². The molecule has 0 N–H and O–H groups in total. The molecule has 0 aliphatic heterocycles. The molecule has 0 spiro atoms. The van der Waals surface area contributed by atoms with Crippen LogP contribution in [-0.2, 0) is 0 Å². The van der Waals surface area contributed by atoms with E-state index in [4.69, 9.17) is 0 Å². The Hall–Kier alpha value is -2.42. The van der Waals surface area contributed by atoms with Crippen molar-refractivity contribution in [2.24, 2.45) is 5.10 Å². The average Bonchev–Trinajstić information content (AvgIpc) is 2.44. The zero-order chi connectivity index (χ0) is 14.5. The van der Waals surface area contributed by atoms with Crippen molar-refractivity contribution in [2.75, 3.05) is 12.1 Å². The summed E-state index contributed by atoms with van der Waals surface area (Å²) in [5.74, 6) is 0. The molecule has 0 radical (unpaired) electrons. The quantitative estimate of drug-likeness (QED) is 0.481. The van der Waals surface area contributed by atoms with E-state index >= 15 is 0 Å². The van der Waals surface area contributed by atoms with Gasteiger partial charge >= 0.3 is 0 Å². The molecule has 0 fully saturated rings. The van der Waals surface area contributed by atoms with Crippen molar-refractivity contribution >= 4 is 18.2 Å². The number of anilines is 1. The lowest BCUT2D eigenvalue weighted by atomic mass is 10.1. The van der Waals surface area contributed by atoms with Crippen LogP contribution in [0.3, 0.4) is 0 Å². The van der Waals surface area contributed by atoms with E-state index in [9.17, 15) is 4.79 Å². The second-order valence-electron chi connectivity index (χ2n) is 4.86. The first-order valence-electron chi connectivity index (χ1n) is 6.50. The molecule has 0 saturated carbocycles. The number of aryl methyl sites for hydroxylation is 2. The number of aldehydes is 1.